The van der Waals surface area contributed by atoms with Gasteiger partial charge in [-0.15, -0.1) is 0 Å². The summed E-state index contributed by atoms with van der Waals surface area (Å²) < 4.78 is 22.8. The Kier molecular flexibility index (Phi) is 62.0. The molecule has 0 saturated heterocycles. The smallest absolute Gasteiger partial charge is 0.306 e. The first-order valence-electron chi connectivity index (χ1n) is 35.5. The minimum absolute atomic E-state index is 0.150. The predicted octanol–water partition coefficient (Wildman–Crippen LogP) is 20.5. The predicted molar refractivity (Wildman–Crippen MR) is 343 cm³/mol. The molecule has 0 radical (unpaired) electrons. The quantitative estimate of drug-likeness (QED) is 0.0195. The highest BCUT2D eigenvalue weighted by atomic mass is 16.7. The number of nitrogens with zero attached hydrogens (tertiary/aromatic N) is 1. The van der Waals surface area contributed by atoms with Crippen LogP contribution in [0.5, 0.6) is 0 Å². The van der Waals surface area contributed by atoms with Gasteiger partial charge in [-0.2, -0.15) is 0 Å². The van der Waals surface area contributed by atoms with Crippen molar-refractivity contribution >= 4 is 17.9 Å². The Balaban J connectivity index is 3.93. The monoisotopic (exact) mass is 1140 g/mol. The number of carboxylic acids is 1. The minimum Gasteiger partial charge on any atom is -0.545 e. The summed E-state index contributed by atoms with van der Waals surface area (Å²) in [5.41, 5.74) is 0. The van der Waals surface area contributed by atoms with Crippen LogP contribution in [0.25, 0.3) is 0 Å². The Hall–Kier alpha value is -2.23. The Labute approximate surface area is 503 Å². The van der Waals surface area contributed by atoms with Gasteiger partial charge in [-0.25, -0.2) is 0 Å². The van der Waals surface area contributed by atoms with Gasteiger partial charge in [-0.3, -0.25) is 9.59 Å². The van der Waals surface area contributed by atoms with E-state index in [4.69, 9.17) is 18.9 Å². The summed E-state index contributed by atoms with van der Waals surface area (Å²) in [6, 6.07) is 0. The van der Waals surface area contributed by atoms with Crippen molar-refractivity contribution in [2.45, 2.75) is 373 Å². The molecule has 0 aliphatic carbocycles. The van der Waals surface area contributed by atoms with E-state index in [1.807, 2.05) is 21.1 Å². The van der Waals surface area contributed by atoms with Gasteiger partial charge in [0.25, 0.3) is 0 Å². The highest BCUT2D eigenvalue weighted by Crippen LogP contribution is 2.19. The maximum atomic E-state index is 12.9. The highest BCUT2D eigenvalue weighted by Gasteiger charge is 2.22. The molecule has 0 aromatic carbocycles. The molecule has 0 bridgehead atoms. The van der Waals surface area contributed by atoms with E-state index in [1.165, 1.54) is 295 Å². The minimum atomic E-state index is -1.62. The van der Waals surface area contributed by atoms with Gasteiger partial charge in [-0.05, 0) is 64.2 Å². The number of allylic oxidation sites excluding steroid dienone is 4. The largest absolute Gasteiger partial charge is 0.545 e. The summed E-state index contributed by atoms with van der Waals surface area (Å²) in [6.45, 7) is 4.80. The first kappa shape index (κ1) is 78.8. The lowest BCUT2D eigenvalue weighted by Gasteiger charge is -2.26. The van der Waals surface area contributed by atoms with Gasteiger partial charge in [0.05, 0.1) is 40.3 Å². The van der Waals surface area contributed by atoms with Gasteiger partial charge in [-0.1, -0.05) is 308 Å². The molecule has 0 fully saturated rings. The van der Waals surface area contributed by atoms with E-state index in [-0.39, 0.29) is 32.2 Å². The SMILES string of the molecule is CCCCCCCC/C=C\CCCCCCCCCC(=O)OCC(COC(OCC[N+](C)(C)C)C(=O)[O-])OC(=O)CCCCCCCCCCCCCCCCCCCCCCCCCCCCC/C=C\CCCCCCCCCC. The number of carbonyl (C=O) groups excluding carboxylic acids is 3. The molecule has 9 nitrogen and oxygen atoms in total. The molecule has 81 heavy (non-hydrogen) atoms. The molecule has 0 aromatic rings. The molecule has 0 aromatic heterocycles. The molecule has 0 saturated carbocycles. The zero-order valence-electron chi connectivity index (χ0n) is 54.7. The van der Waals surface area contributed by atoms with E-state index in [0.29, 0.717) is 17.4 Å². The van der Waals surface area contributed by atoms with Crippen LogP contribution in [-0.4, -0.2) is 82.3 Å². The third-order valence-corrected chi connectivity index (χ3v) is 16.2. The fourth-order valence-corrected chi connectivity index (χ4v) is 10.7. The van der Waals surface area contributed by atoms with Crippen molar-refractivity contribution in [3.05, 3.63) is 24.3 Å². The van der Waals surface area contributed by atoms with Crippen LogP contribution in [0.1, 0.15) is 361 Å². The number of likely N-dealkylation sites (N-methyl/N-ethyl adjacent to an activating group) is 1. The fraction of sp³-hybridized carbons (Fsp3) is 0.903. The molecule has 478 valence electrons. The molecule has 0 aliphatic heterocycles. The summed E-state index contributed by atoms with van der Waals surface area (Å²) in [4.78, 5) is 37.4. The van der Waals surface area contributed by atoms with Crippen molar-refractivity contribution in [3.8, 4) is 0 Å². The number of rotatable bonds is 67. The van der Waals surface area contributed by atoms with Gasteiger partial charge in [0.1, 0.15) is 13.2 Å². The first-order valence-corrected chi connectivity index (χ1v) is 35.5. The van der Waals surface area contributed by atoms with Crippen molar-refractivity contribution in [1.29, 1.82) is 0 Å². The van der Waals surface area contributed by atoms with Crippen molar-refractivity contribution in [2.75, 3.05) is 47.5 Å². The lowest BCUT2D eigenvalue weighted by atomic mass is 10.0. The molecular formula is C72H137NO8. The summed E-state index contributed by atoms with van der Waals surface area (Å²) in [6.07, 6.45) is 75.7. The number of hydrogen-bond donors (Lipinski definition) is 0. The summed E-state index contributed by atoms with van der Waals surface area (Å²) in [5, 5.41) is 11.8. The molecule has 0 aliphatic rings. The van der Waals surface area contributed by atoms with Crippen LogP contribution in [0.15, 0.2) is 24.3 Å². The number of aliphatic carboxylic acids is 1. The van der Waals surface area contributed by atoms with E-state index >= 15 is 0 Å². The van der Waals surface area contributed by atoms with E-state index in [2.05, 4.69) is 38.2 Å². The third kappa shape index (κ3) is 65.2. The lowest BCUT2D eigenvalue weighted by molar-refractivity contribution is -0.870. The van der Waals surface area contributed by atoms with Crippen LogP contribution in [0.3, 0.4) is 0 Å². The average molecular weight is 1140 g/mol. The first-order chi connectivity index (χ1) is 39.6. The van der Waals surface area contributed by atoms with Crippen molar-refractivity contribution < 1.29 is 42.9 Å². The number of carbonyl (C=O) groups is 3. The number of hydrogen-bond acceptors (Lipinski definition) is 8. The van der Waals surface area contributed by atoms with Gasteiger partial charge >= 0.3 is 11.9 Å². The van der Waals surface area contributed by atoms with Crippen LogP contribution in [0, 0.1) is 0 Å². The van der Waals surface area contributed by atoms with Crippen molar-refractivity contribution in [1.82, 2.24) is 0 Å². The topological polar surface area (TPSA) is 111 Å². The summed E-state index contributed by atoms with van der Waals surface area (Å²) in [7, 11) is 5.94. The van der Waals surface area contributed by atoms with Gasteiger partial charge < -0.3 is 33.3 Å². The van der Waals surface area contributed by atoms with E-state index in [1.54, 1.807) is 0 Å². The molecule has 0 amide bonds. The zero-order chi connectivity index (χ0) is 59.1. The Morgan fingerprint density at radius 2 is 0.630 bits per heavy atom. The Morgan fingerprint density at radius 1 is 0.358 bits per heavy atom. The van der Waals surface area contributed by atoms with Crippen LogP contribution < -0.4 is 5.11 Å². The zero-order valence-corrected chi connectivity index (χ0v) is 54.7. The normalized spacial score (nSPS) is 12.8. The van der Waals surface area contributed by atoms with Crippen LogP contribution >= 0.6 is 0 Å². The van der Waals surface area contributed by atoms with Gasteiger partial charge in [0.15, 0.2) is 12.4 Å². The average Bonchev–Trinajstić information content (AvgIpc) is 3.44. The standard InChI is InChI=1S/C72H137NO8/c1-6-8-10-12-14-16-18-20-22-24-25-26-27-28-29-30-31-32-33-34-35-36-37-38-39-40-41-42-43-44-45-47-49-51-53-55-57-59-61-63-70(75)81-68(67-80-72(71(76)77)78-65-64-73(3,4)5)66-79-69(74)62-60-58-56-54-52-50-48-46-23-21-19-17-15-13-11-9-7-2/h21,23-25,68,72H,6-20,22,26-67H2,1-5H3/b23-21-,25-24-. The molecule has 2 unspecified atom stereocenters. The molecule has 0 heterocycles. The second-order valence-corrected chi connectivity index (χ2v) is 25.5. The Bertz CT molecular complexity index is 1380. The highest BCUT2D eigenvalue weighted by molar-refractivity contribution is 5.70. The lowest BCUT2D eigenvalue weighted by Crippen LogP contribution is -2.44. The van der Waals surface area contributed by atoms with Crippen LogP contribution in [0.2, 0.25) is 0 Å². The number of quaternary nitrogens is 1. The van der Waals surface area contributed by atoms with E-state index in [9.17, 15) is 19.5 Å². The molecule has 9 heteroatoms. The molecule has 0 N–H and O–H groups in total. The molecular weight excluding hydrogens is 1010 g/mol. The van der Waals surface area contributed by atoms with Crippen molar-refractivity contribution in [2.24, 2.45) is 0 Å². The maximum absolute atomic E-state index is 12.9. The Morgan fingerprint density at radius 3 is 0.914 bits per heavy atom. The second-order valence-electron chi connectivity index (χ2n) is 25.5. The van der Waals surface area contributed by atoms with Crippen LogP contribution in [-0.2, 0) is 33.3 Å². The van der Waals surface area contributed by atoms with E-state index in [0.717, 1.165) is 38.5 Å². The third-order valence-electron chi connectivity index (χ3n) is 16.2. The number of ether oxygens (including phenoxy) is 4. The molecule has 2 atom stereocenters. The van der Waals surface area contributed by atoms with Crippen LogP contribution in [0.4, 0.5) is 0 Å². The summed E-state index contributed by atoms with van der Waals surface area (Å²) >= 11 is 0. The molecule has 0 rings (SSSR count). The van der Waals surface area contributed by atoms with Gasteiger partial charge in [0.2, 0.25) is 0 Å². The number of esters is 2. The van der Waals surface area contributed by atoms with Crippen molar-refractivity contribution in [3.63, 3.8) is 0 Å². The maximum Gasteiger partial charge on any atom is 0.306 e. The fourth-order valence-electron chi connectivity index (χ4n) is 10.7. The van der Waals surface area contributed by atoms with Gasteiger partial charge in [0, 0.05) is 12.8 Å². The number of unbranched alkanes of at least 4 members (excludes halogenated alkanes) is 48. The summed E-state index contributed by atoms with van der Waals surface area (Å²) in [5.74, 6) is -2.26. The molecule has 0 spiro atoms. The van der Waals surface area contributed by atoms with E-state index < -0.39 is 24.3 Å². The number of carboxylic acid groups (broad SMARTS) is 1. The second kappa shape index (κ2) is 63.8.